The van der Waals surface area contributed by atoms with E-state index in [-0.39, 0.29) is 6.10 Å². The van der Waals surface area contributed by atoms with Gasteiger partial charge in [-0.3, -0.25) is 0 Å². The van der Waals surface area contributed by atoms with E-state index >= 15 is 0 Å². The Labute approximate surface area is 115 Å². The van der Waals surface area contributed by atoms with Crippen molar-refractivity contribution in [1.29, 1.82) is 0 Å². The topological polar surface area (TPSA) is 29.5 Å². The van der Waals surface area contributed by atoms with Gasteiger partial charge in [0.05, 0.1) is 12.7 Å². The van der Waals surface area contributed by atoms with Crippen LogP contribution in [0.15, 0.2) is 29.9 Å². The van der Waals surface area contributed by atoms with Crippen LogP contribution in [0, 0.1) is 13.8 Å². The normalized spacial score (nSPS) is 19.1. The maximum atomic E-state index is 9.77. The smallest absolute Gasteiger partial charge is 0.121 e. The minimum atomic E-state index is 0.284. The summed E-state index contributed by atoms with van der Waals surface area (Å²) in [4.78, 5) is 0. The van der Waals surface area contributed by atoms with Crippen molar-refractivity contribution in [2.75, 3.05) is 6.61 Å². The molecule has 0 spiro atoms. The fourth-order valence-corrected chi connectivity index (χ4v) is 2.42. The van der Waals surface area contributed by atoms with Crippen LogP contribution in [0.2, 0.25) is 0 Å². The number of phenolic OH excluding ortho intramolecular Hbond substituents is 1. The first-order valence-electron chi connectivity index (χ1n) is 6.82. The van der Waals surface area contributed by atoms with E-state index in [0.29, 0.717) is 5.75 Å². The minimum Gasteiger partial charge on any atom is -0.507 e. The van der Waals surface area contributed by atoms with Crippen molar-refractivity contribution in [3.63, 3.8) is 0 Å². The predicted molar refractivity (Wildman–Crippen MR) is 79.3 cm³/mol. The summed E-state index contributed by atoms with van der Waals surface area (Å²) < 4.78 is 5.54. The fraction of sp³-hybridized carbons (Fsp3) is 0.412. The predicted octanol–water partition coefficient (Wildman–Crippen LogP) is 4.15. The van der Waals surface area contributed by atoms with E-state index in [0.717, 1.165) is 36.1 Å². The summed E-state index contributed by atoms with van der Waals surface area (Å²) >= 11 is 0. The number of aryl methyl sites for hydroxylation is 2. The third kappa shape index (κ3) is 3.71. The molecule has 1 heterocycles. The molecule has 2 heteroatoms. The van der Waals surface area contributed by atoms with Crippen molar-refractivity contribution >= 4 is 6.08 Å². The lowest BCUT2D eigenvalue weighted by Crippen LogP contribution is -2.03. The monoisotopic (exact) mass is 258 g/mol. The van der Waals surface area contributed by atoms with E-state index in [4.69, 9.17) is 4.74 Å². The number of ether oxygens (including phenoxy) is 1. The summed E-state index contributed by atoms with van der Waals surface area (Å²) in [5.74, 6) is 0.402. The lowest BCUT2D eigenvalue weighted by molar-refractivity contribution is 0.122. The van der Waals surface area contributed by atoms with Crippen LogP contribution >= 0.6 is 0 Å². The molecule has 19 heavy (non-hydrogen) atoms. The molecule has 102 valence electrons. The Morgan fingerprint density at radius 2 is 2.05 bits per heavy atom. The third-order valence-corrected chi connectivity index (χ3v) is 3.51. The van der Waals surface area contributed by atoms with Crippen LogP contribution in [0.3, 0.4) is 0 Å². The highest BCUT2D eigenvalue weighted by Gasteiger charge is 2.09. The van der Waals surface area contributed by atoms with E-state index in [9.17, 15) is 5.11 Å². The van der Waals surface area contributed by atoms with Gasteiger partial charge in [0.1, 0.15) is 5.75 Å². The van der Waals surface area contributed by atoms with E-state index in [1.165, 1.54) is 5.57 Å². The third-order valence-electron chi connectivity index (χ3n) is 3.51. The van der Waals surface area contributed by atoms with E-state index < -0.39 is 0 Å². The van der Waals surface area contributed by atoms with Gasteiger partial charge in [-0.1, -0.05) is 23.8 Å². The molecule has 2 nitrogen and oxygen atoms in total. The lowest BCUT2D eigenvalue weighted by atomic mass is 10.0. The van der Waals surface area contributed by atoms with E-state index in [2.05, 4.69) is 25.2 Å². The Bertz CT molecular complexity index is 489. The van der Waals surface area contributed by atoms with Gasteiger partial charge in [-0.2, -0.15) is 0 Å². The molecule has 0 radical (unpaired) electrons. The first-order chi connectivity index (χ1) is 9.06. The summed E-state index contributed by atoms with van der Waals surface area (Å²) in [6.45, 7) is 6.78. The van der Waals surface area contributed by atoms with Gasteiger partial charge in [-0.05, 0) is 62.4 Å². The van der Waals surface area contributed by atoms with Gasteiger partial charge in [-0.15, -0.1) is 0 Å². The number of rotatable bonds is 4. The van der Waals surface area contributed by atoms with Gasteiger partial charge in [0, 0.05) is 0 Å². The van der Waals surface area contributed by atoms with Crippen molar-refractivity contribution in [3.8, 4) is 5.75 Å². The number of aromatic hydroxyl groups is 1. The first-order valence-corrected chi connectivity index (χ1v) is 6.82. The lowest BCUT2D eigenvalue weighted by Gasteiger charge is -2.09. The number of benzene rings is 1. The summed E-state index contributed by atoms with van der Waals surface area (Å²) in [6, 6.07) is 4.05. The second kappa shape index (κ2) is 6.07. The van der Waals surface area contributed by atoms with E-state index in [1.54, 1.807) is 0 Å². The summed E-state index contributed by atoms with van der Waals surface area (Å²) in [5, 5.41) is 9.77. The second-order valence-electron chi connectivity index (χ2n) is 5.33. The number of allylic oxidation sites excluding steroid dienone is 1. The van der Waals surface area contributed by atoms with Crippen LogP contribution in [-0.4, -0.2) is 17.8 Å². The molecule has 0 aliphatic carbocycles. The highest BCUT2D eigenvalue weighted by atomic mass is 16.5. The zero-order chi connectivity index (χ0) is 13.8. The van der Waals surface area contributed by atoms with Crippen LogP contribution in [0.4, 0.5) is 0 Å². The Hall–Kier alpha value is -1.54. The Kier molecular flexibility index (Phi) is 4.43. The molecule has 1 atom stereocenters. The fourth-order valence-electron chi connectivity index (χ4n) is 2.42. The molecule has 0 bridgehead atoms. The first kappa shape index (κ1) is 13.9. The molecular weight excluding hydrogens is 236 g/mol. The largest absolute Gasteiger partial charge is 0.507 e. The molecule has 0 amide bonds. The van der Waals surface area contributed by atoms with Gasteiger partial charge in [0.25, 0.3) is 0 Å². The zero-order valence-corrected chi connectivity index (χ0v) is 11.9. The molecule has 0 saturated carbocycles. The minimum absolute atomic E-state index is 0.284. The van der Waals surface area contributed by atoms with Crippen molar-refractivity contribution < 1.29 is 9.84 Å². The van der Waals surface area contributed by atoms with Crippen LogP contribution in [0.5, 0.6) is 5.75 Å². The molecule has 2 rings (SSSR count). The standard InChI is InChI=1S/C17H22O2/c1-12(6-7-16-5-4-8-19-16)9-15-10-13(2)17(18)14(3)11-15/h4-5,9-11,16,18H,6-8H2,1-3H3/b12-9+/t16-/m0/s1. The maximum absolute atomic E-state index is 9.77. The molecule has 1 N–H and O–H groups in total. The molecule has 0 fully saturated rings. The number of hydrogen-bond acceptors (Lipinski definition) is 2. The number of phenols is 1. The molecule has 1 aliphatic heterocycles. The van der Waals surface area contributed by atoms with Crippen molar-refractivity contribution in [2.24, 2.45) is 0 Å². The summed E-state index contributed by atoms with van der Waals surface area (Å²) in [7, 11) is 0. The molecule has 0 aromatic heterocycles. The second-order valence-corrected chi connectivity index (χ2v) is 5.33. The Balaban J connectivity index is 2.01. The molecule has 1 aliphatic rings. The average molecular weight is 258 g/mol. The summed E-state index contributed by atoms with van der Waals surface area (Å²) in [6.07, 6.45) is 8.77. The Morgan fingerprint density at radius 3 is 2.63 bits per heavy atom. The summed E-state index contributed by atoms with van der Waals surface area (Å²) in [5.41, 5.74) is 4.36. The quantitative estimate of drug-likeness (QED) is 0.822. The van der Waals surface area contributed by atoms with E-state index in [1.807, 2.05) is 26.0 Å². The Morgan fingerprint density at radius 1 is 1.37 bits per heavy atom. The number of hydrogen-bond donors (Lipinski definition) is 1. The van der Waals surface area contributed by atoms with Crippen molar-refractivity contribution in [1.82, 2.24) is 0 Å². The van der Waals surface area contributed by atoms with Gasteiger partial charge in [0.2, 0.25) is 0 Å². The molecule has 1 aromatic carbocycles. The van der Waals surface area contributed by atoms with Crippen LogP contribution in [-0.2, 0) is 4.74 Å². The SMILES string of the molecule is C/C(=C\c1cc(C)c(O)c(C)c1)CC[C@@H]1C=CCO1. The van der Waals surface area contributed by atoms with Gasteiger partial charge >= 0.3 is 0 Å². The van der Waals surface area contributed by atoms with Crippen molar-refractivity contribution in [3.05, 3.63) is 46.5 Å². The van der Waals surface area contributed by atoms with Gasteiger partial charge < -0.3 is 9.84 Å². The molecule has 0 saturated heterocycles. The zero-order valence-electron chi connectivity index (χ0n) is 11.9. The van der Waals surface area contributed by atoms with Crippen LogP contribution in [0.1, 0.15) is 36.5 Å². The van der Waals surface area contributed by atoms with Gasteiger partial charge in [-0.25, -0.2) is 0 Å². The molecule has 0 unspecified atom stereocenters. The molecule has 1 aromatic rings. The molecular formula is C17H22O2. The highest BCUT2D eigenvalue weighted by Crippen LogP contribution is 2.25. The van der Waals surface area contributed by atoms with Gasteiger partial charge in [0.15, 0.2) is 0 Å². The maximum Gasteiger partial charge on any atom is 0.121 e. The van der Waals surface area contributed by atoms with Crippen molar-refractivity contribution in [2.45, 2.75) is 39.7 Å². The van der Waals surface area contributed by atoms with Crippen LogP contribution < -0.4 is 0 Å². The average Bonchev–Trinajstić information content (AvgIpc) is 2.86. The van der Waals surface area contributed by atoms with Crippen LogP contribution in [0.25, 0.3) is 6.08 Å². The highest BCUT2D eigenvalue weighted by molar-refractivity contribution is 5.57.